The van der Waals surface area contributed by atoms with Crippen molar-refractivity contribution >= 4 is 16.9 Å². The van der Waals surface area contributed by atoms with E-state index in [0.717, 1.165) is 5.57 Å². The fourth-order valence-corrected chi connectivity index (χ4v) is 1.95. The molecule has 2 rings (SSSR count). The van der Waals surface area contributed by atoms with E-state index in [-0.39, 0.29) is 0 Å². The normalized spacial score (nSPS) is 10.3. The highest BCUT2D eigenvalue weighted by atomic mass is 16.5. The van der Waals surface area contributed by atoms with Crippen LogP contribution in [0.5, 0.6) is 11.6 Å². The van der Waals surface area contributed by atoms with Gasteiger partial charge >= 0.3 is 5.97 Å². The van der Waals surface area contributed by atoms with Crippen molar-refractivity contribution < 1.29 is 19.0 Å². The number of hydrogen-bond donors (Lipinski definition) is 1. The van der Waals surface area contributed by atoms with Crippen LogP contribution in [0.2, 0.25) is 0 Å². The Morgan fingerprint density at radius 1 is 1.35 bits per heavy atom. The summed E-state index contributed by atoms with van der Waals surface area (Å²) in [5.74, 6) is 0.540. The Hall–Kier alpha value is -2.43. The molecule has 0 aliphatic rings. The number of aromatic nitrogens is 1. The molecule has 0 radical (unpaired) electrons. The molecular weight excluding hydrogens is 258 g/mol. The predicted molar refractivity (Wildman–Crippen MR) is 76.5 cm³/mol. The first-order valence-corrected chi connectivity index (χ1v) is 6.12. The summed E-state index contributed by atoms with van der Waals surface area (Å²) < 4.78 is 15.7. The Kier molecular flexibility index (Phi) is 3.98. The molecule has 0 fully saturated rings. The SMILES string of the molecule is C=C(C)COc1[nH]c2c(OC)cccc2c1C(=O)OC. The van der Waals surface area contributed by atoms with Gasteiger partial charge in [-0.15, -0.1) is 0 Å². The molecule has 106 valence electrons. The van der Waals surface area contributed by atoms with Gasteiger partial charge < -0.3 is 19.2 Å². The van der Waals surface area contributed by atoms with Crippen molar-refractivity contribution in [2.45, 2.75) is 6.92 Å². The summed E-state index contributed by atoms with van der Waals surface area (Å²) in [5.41, 5.74) is 1.92. The zero-order valence-corrected chi connectivity index (χ0v) is 11.8. The van der Waals surface area contributed by atoms with Crippen LogP contribution < -0.4 is 9.47 Å². The molecule has 0 atom stereocenters. The number of carbonyl (C=O) groups is 1. The lowest BCUT2D eigenvalue weighted by Gasteiger charge is -2.05. The molecule has 1 heterocycles. The van der Waals surface area contributed by atoms with E-state index in [4.69, 9.17) is 14.2 Å². The maximum atomic E-state index is 12.0. The molecule has 0 aliphatic heterocycles. The zero-order valence-electron chi connectivity index (χ0n) is 11.8. The van der Waals surface area contributed by atoms with E-state index < -0.39 is 5.97 Å². The zero-order chi connectivity index (χ0) is 14.7. The molecule has 5 heteroatoms. The molecular formula is C15H17NO4. The summed E-state index contributed by atoms with van der Waals surface area (Å²) in [6.45, 7) is 5.94. The number of aromatic amines is 1. The molecule has 1 aromatic carbocycles. The predicted octanol–water partition coefficient (Wildman–Crippen LogP) is 2.92. The number of hydrogen-bond acceptors (Lipinski definition) is 4. The highest BCUT2D eigenvalue weighted by Crippen LogP contribution is 2.34. The Labute approximate surface area is 117 Å². The van der Waals surface area contributed by atoms with Gasteiger partial charge in [-0.3, -0.25) is 0 Å². The quantitative estimate of drug-likeness (QED) is 0.673. The van der Waals surface area contributed by atoms with Gasteiger partial charge in [0.25, 0.3) is 0 Å². The molecule has 1 aromatic heterocycles. The minimum Gasteiger partial charge on any atom is -0.495 e. The van der Waals surface area contributed by atoms with E-state index in [2.05, 4.69) is 11.6 Å². The highest BCUT2D eigenvalue weighted by molar-refractivity contribution is 6.08. The summed E-state index contributed by atoms with van der Waals surface area (Å²) >= 11 is 0. The van der Waals surface area contributed by atoms with Crippen LogP contribution in [0.3, 0.4) is 0 Å². The van der Waals surface area contributed by atoms with E-state index >= 15 is 0 Å². The Morgan fingerprint density at radius 3 is 2.70 bits per heavy atom. The minimum atomic E-state index is -0.457. The van der Waals surface area contributed by atoms with E-state index in [9.17, 15) is 4.79 Å². The van der Waals surface area contributed by atoms with E-state index in [0.29, 0.717) is 34.7 Å². The average Bonchev–Trinajstić information content (AvgIpc) is 2.82. The van der Waals surface area contributed by atoms with Crippen LogP contribution in [-0.4, -0.2) is 31.8 Å². The lowest BCUT2D eigenvalue weighted by molar-refractivity contribution is 0.0598. The fraction of sp³-hybridized carbons (Fsp3) is 0.267. The highest BCUT2D eigenvalue weighted by Gasteiger charge is 2.22. The van der Waals surface area contributed by atoms with Gasteiger partial charge in [0.05, 0.1) is 19.7 Å². The van der Waals surface area contributed by atoms with Gasteiger partial charge in [0.2, 0.25) is 5.88 Å². The Morgan fingerprint density at radius 2 is 2.10 bits per heavy atom. The fourth-order valence-electron chi connectivity index (χ4n) is 1.95. The number of carbonyl (C=O) groups excluding carboxylic acids is 1. The average molecular weight is 275 g/mol. The number of fused-ring (bicyclic) bond motifs is 1. The first-order valence-electron chi connectivity index (χ1n) is 6.12. The van der Waals surface area contributed by atoms with Crippen LogP contribution in [0.25, 0.3) is 10.9 Å². The molecule has 0 aliphatic carbocycles. The van der Waals surface area contributed by atoms with Crippen LogP contribution in [0.1, 0.15) is 17.3 Å². The van der Waals surface area contributed by atoms with Crippen molar-refractivity contribution in [3.05, 3.63) is 35.9 Å². The second-order valence-corrected chi connectivity index (χ2v) is 4.45. The van der Waals surface area contributed by atoms with Crippen LogP contribution in [0, 0.1) is 0 Å². The van der Waals surface area contributed by atoms with Gasteiger partial charge in [0.15, 0.2) is 0 Å². The van der Waals surface area contributed by atoms with Gasteiger partial charge in [-0.25, -0.2) is 4.79 Å². The number of nitrogens with one attached hydrogen (secondary N) is 1. The van der Waals surface area contributed by atoms with Crippen molar-refractivity contribution in [3.63, 3.8) is 0 Å². The number of para-hydroxylation sites is 1. The molecule has 0 amide bonds. The topological polar surface area (TPSA) is 60.5 Å². The monoisotopic (exact) mass is 275 g/mol. The summed E-state index contributed by atoms with van der Waals surface area (Å²) in [6.07, 6.45) is 0. The number of H-pyrrole nitrogens is 1. The maximum Gasteiger partial charge on any atom is 0.344 e. The standard InChI is InChI=1S/C15H17NO4/c1-9(2)8-20-14-12(15(17)19-4)10-6-5-7-11(18-3)13(10)16-14/h5-7,16H,1,8H2,2-4H3. The van der Waals surface area contributed by atoms with Gasteiger partial charge in [0, 0.05) is 5.39 Å². The van der Waals surface area contributed by atoms with Crippen LogP contribution in [0.15, 0.2) is 30.4 Å². The van der Waals surface area contributed by atoms with Crippen molar-refractivity contribution in [2.24, 2.45) is 0 Å². The van der Waals surface area contributed by atoms with Crippen molar-refractivity contribution in [2.75, 3.05) is 20.8 Å². The lowest BCUT2D eigenvalue weighted by Crippen LogP contribution is -2.05. The maximum absolute atomic E-state index is 12.0. The summed E-state index contributed by atoms with van der Waals surface area (Å²) in [7, 11) is 2.91. The smallest absolute Gasteiger partial charge is 0.344 e. The number of methoxy groups -OCH3 is 2. The Balaban J connectivity index is 2.59. The van der Waals surface area contributed by atoms with Gasteiger partial charge in [-0.1, -0.05) is 18.7 Å². The summed E-state index contributed by atoms with van der Waals surface area (Å²) in [5, 5.41) is 0.702. The van der Waals surface area contributed by atoms with E-state index in [1.165, 1.54) is 7.11 Å². The third kappa shape index (κ3) is 2.47. The number of esters is 1. The molecule has 20 heavy (non-hydrogen) atoms. The second-order valence-electron chi connectivity index (χ2n) is 4.45. The molecule has 0 spiro atoms. The molecule has 0 saturated heterocycles. The largest absolute Gasteiger partial charge is 0.495 e. The molecule has 5 nitrogen and oxygen atoms in total. The first kappa shape index (κ1) is 14.0. The van der Waals surface area contributed by atoms with E-state index in [1.54, 1.807) is 7.11 Å². The third-order valence-corrected chi connectivity index (χ3v) is 2.83. The van der Waals surface area contributed by atoms with Crippen LogP contribution >= 0.6 is 0 Å². The van der Waals surface area contributed by atoms with Gasteiger partial charge in [-0.05, 0) is 18.6 Å². The molecule has 0 saturated carbocycles. The van der Waals surface area contributed by atoms with Gasteiger partial charge in [0.1, 0.15) is 17.9 Å². The number of benzene rings is 1. The van der Waals surface area contributed by atoms with Crippen LogP contribution in [0.4, 0.5) is 0 Å². The third-order valence-electron chi connectivity index (χ3n) is 2.83. The summed E-state index contributed by atoms with van der Waals surface area (Å²) in [6, 6.07) is 5.43. The number of ether oxygens (including phenoxy) is 3. The molecule has 0 bridgehead atoms. The second kappa shape index (κ2) is 5.69. The van der Waals surface area contributed by atoms with Gasteiger partial charge in [-0.2, -0.15) is 0 Å². The van der Waals surface area contributed by atoms with E-state index in [1.807, 2.05) is 25.1 Å². The molecule has 1 N–H and O–H groups in total. The number of rotatable bonds is 5. The molecule has 0 unspecified atom stereocenters. The Bertz CT molecular complexity index is 657. The minimum absolute atomic E-state index is 0.319. The van der Waals surface area contributed by atoms with Crippen molar-refractivity contribution in [1.29, 1.82) is 0 Å². The molecule has 2 aromatic rings. The summed E-state index contributed by atoms with van der Waals surface area (Å²) in [4.78, 5) is 15.0. The van der Waals surface area contributed by atoms with Crippen molar-refractivity contribution in [3.8, 4) is 11.6 Å². The van der Waals surface area contributed by atoms with Crippen LogP contribution in [-0.2, 0) is 4.74 Å². The first-order chi connectivity index (χ1) is 9.58. The van der Waals surface area contributed by atoms with Crippen molar-refractivity contribution in [1.82, 2.24) is 4.98 Å². The lowest BCUT2D eigenvalue weighted by atomic mass is 10.1.